The minimum atomic E-state index is -1.12. The molecular formula is C25H26N2O4. The Kier molecular flexibility index (Phi) is 6.77. The second-order valence-electron chi connectivity index (χ2n) is 7.85. The summed E-state index contributed by atoms with van der Waals surface area (Å²) in [4.78, 5) is 21.0. The van der Waals surface area contributed by atoms with Gasteiger partial charge in [-0.1, -0.05) is 60.8 Å². The molecule has 0 spiro atoms. The molecule has 1 aromatic heterocycles. The molecule has 31 heavy (non-hydrogen) atoms. The van der Waals surface area contributed by atoms with Crippen molar-refractivity contribution in [2.24, 2.45) is 11.1 Å². The number of carboxylic acid groups (broad SMARTS) is 1. The van der Waals surface area contributed by atoms with Gasteiger partial charge in [0.1, 0.15) is 12.4 Å². The summed E-state index contributed by atoms with van der Waals surface area (Å²) in [6.07, 6.45) is 6.20. The third-order valence-electron chi connectivity index (χ3n) is 5.67. The first-order chi connectivity index (χ1) is 15.2. The van der Waals surface area contributed by atoms with Crippen LogP contribution in [0.25, 0.3) is 10.9 Å². The van der Waals surface area contributed by atoms with Crippen molar-refractivity contribution in [3.8, 4) is 5.75 Å². The van der Waals surface area contributed by atoms with Gasteiger partial charge in [0.15, 0.2) is 12.3 Å². The standard InChI is InChI=1S/C25H26N2O4/c28-24(29)16-26-31-25(19-7-2-1-3-8-19)20-11-14-22(15-12-20)30-17-21-13-10-18-6-4-5-9-23(18)27-21/h4-6,9-16,19,25H,1-3,7-8,17H2,(H,28,29)/b26-16+. The van der Waals surface area contributed by atoms with Crippen LogP contribution in [0.5, 0.6) is 5.75 Å². The van der Waals surface area contributed by atoms with Crippen LogP contribution in [0.3, 0.4) is 0 Å². The van der Waals surface area contributed by atoms with Gasteiger partial charge in [0.2, 0.25) is 0 Å². The van der Waals surface area contributed by atoms with Crippen molar-refractivity contribution >= 4 is 23.1 Å². The van der Waals surface area contributed by atoms with Gasteiger partial charge in [0.05, 0.1) is 11.2 Å². The second kappa shape index (κ2) is 10.1. The van der Waals surface area contributed by atoms with Gasteiger partial charge in [-0.05, 0) is 42.7 Å². The highest BCUT2D eigenvalue weighted by Crippen LogP contribution is 2.37. The molecule has 6 nitrogen and oxygen atoms in total. The summed E-state index contributed by atoms with van der Waals surface area (Å²) < 4.78 is 5.92. The highest BCUT2D eigenvalue weighted by molar-refractivity contribution is 6.21. The number of nitrogens with zero attached hydrogens (tertiary/aromatic N) is 2. The van der Waals surface area contributed by atoms with Crippen LogP contribution in [0.1, 0.15) is 49.5 Å². The van der Waals surface area contributed by atoms with E-state index in [0.717, 1.165) is 59.8 Å². The summed E-state index contributed by atoms with van der Waals surface area (Å²) in [5.41, 5.74) is 2.80. The van der Waals surface area contributed by atoms with Gasteiger partial charge in [0, 0.05) is 11.3 Å². The molecule has 4 rings (SSSR count). The van der Waals surface area contributed by atoms with Crippen LogP contribution in [0.4, 0.5) is 0 Å². The molecule has 0 saturated heterocycles. The van der Waals surface area contributed by atoms with Gasteiger partial charge >= 0.3 is 5.97 Å². The largest absolute Gasteiger partial charge is 0.487 e. The molecule has 6 heteroatoms. The van der Waals surface area contributed by atoms with Crippen molar-refractivity contribution in [3.05, 3.63) is 71.9 Å². The quantitative estimate of drug-likeness (QED) is 0.385. The Labute approximate surface area is 181 Å². The van der Waals surface area contributed by atoms with Crippen molar-refractivity contribution in [1.29, 1.82) is 0 Å². The number of para-hydroxylation sites is 1. The molecule has 1 saturated carbocycles. The van der Waals surface area contributed by atoms with Gasteiger partial charge in [-0.3, -0.25) is 0 Å². The maximum atomic E-state index is 10.7. The van der Waals surface area contributed by atoms with Gasteiger partial charge in [-0.2, -0.15) is 0 Å². The first-order valence-corrected chi connectivity index (χ1v) is 10.7. The third-order valence-corrected chi connectivity index (χ3v) is 5.67. The summed E-state index contributed by atoms with van der Waals surface area (Å²) in [5, 5.41) is 13.6. The maximum absolute atomic E-state index is 10.7. The molecule has 0 radical (unpaired) electrons. The Morgan fingerprint density at radius 2 is 1.84 bits per heavy atom. The molecule has 0 amide bonds. The third kappa shape index (κ3) is 5.60. The van der Waals surface area contributed by atoms with Crippen molar-refractivity contribution < 1.29 is 19.5 Å². The smallest absolute Gasteiger partial charge is 0.350 e. The zero-order chi connectivity index (χ0) is 21.5. The maximum Gasteiger partial charge on any atom is 0.350 e. The SMILES string of the molecule is O=C(O)/C=N/OC(c1ccc(OCc2ccc3ccccc3n2)cc1)C1CCCCC1. The van der Waals surface area contributed by atoms with Crippen molar-refractivity contribution in [2.75, 3.05) is 0 Å². The summed E-state index contributed by atoms with van der Waals surface area (Å²) in [6.45, 7) is 0.385. The predicted octanol–water partition coefficient (Wildman–Crippen LogP) is 5.52. The fourth-order valence-electron chi connectivity index (χ4n) is 4.10. The fraction of sp³-hybridized carbons (Fsp3) is 0.320. The van der Waals surface area contributed by atoms with Crippen LogP contribution in [0.15, 0.2) is 65.8 Å². The minimum Gasteiger partial charge on any atom is -0.487 e. The summed E-state index contributed by atoms with van der Waals surface area (Å²) >= 11 is 0. The second-order valence-corrected chi connectivity index (χ2v) is 7.85. The number of benzene rings is 2. The molecule has 1 N–H and O–H groups in total. The molecule has 3 aromatic rings. The van der Waals surface area contributed by atoms with Crippen LogP contribution in [-0.4, -0.2) is 22.3 Å². The van der Waals surface area contributed by atoms with Crippen LogP contribution in [0, 0.1) is 5.92 Å². The van der Waals surface area contributed by atoms with E-state index in [2.05, 4.69) is 10.1 Å². The molecule has 0 aliphatic heterocycles. The zero-order valence-electron chi connectivity index (χ0n) is 17.3. The lowest BCUT2D eigenvalue weighted by Crippen LogP contribution is -2.18. The number of carboxylic acids is 1. The molecule has 1 aliphatic carbocycles. The van der Waals surface area contributed by atoms with Crippen LogP contribution in [-0.2, 0) is 16.2 Å². The van der Waals surface area contributed by atoms with Gasteiger partial charge in [0.25, 0.3) is 0 Å². The van der Waals surface area contributed by atoms with E-state index in [4.69, 9.17) is 14.7 Å². The first kappa shape index (κ1) is 20.8. The highest BCUT2D eigenvalue weighted by Gasteiger charge is 2.27. The molecule has 1 unspecified atom stereocenters. The molecule has 1 heterocycles. The normalized spacial score (nSPS) is 15.7. The lowest BCUT2D eigenvalue weighted by Gasteiger charge is -2.28. The number of rotatable bonds is 8. The number of ether oxygens (including phenoxy) is 1. The highest BCUT2D eigenvalue weighted by atomic mass is 16.6. The number of oxime groups is 1. The number of aliphatic carboxylic acids is 1. The number of aromatic nitrogens is 1. The number of fused-ring (bicyclic) bond motifs is 1. The average molecular weight is 418 g/mol. The predicted molar refractivity (Wildman–Crippen MR) is 119 cm³/mol. The Hall–Kier alpha value is -3.41. The number of pyridine rings is 1. The summed E-state index contributed by atoms with van der Waals surface area (Å²) in [5.74, 6) is -0.0446. The van der Waals surface area contributed by atoms with Crippen LogP contribution in [0.2, 0.25) is 0 Å². The molecule has 1 atom stereocenters. The van der Waals surface area contributed by atoms with E-state index in [1.807, 2.05) is 60.7 Å². The van der Waals surface area contributed by atoms with Gasteiger partial charge in [-0.15, -0.1) is 0 Å². The summed E-state index contributed by atoms with van der Waals surface area (Å²) in [6, 6.07) is 19.8. The average Bonchev–Trinajstić information content (AvgIpc) is 2.81. The molecule has 1 fully saturated rings. The monoisotopic (exact) mass is 418 g/mol. The van der Waals surface area contributed by atoms with Crippen molar-refractivity contribution in [2.45, 2.75) is 44.8 Å². The molecule has 160 valence electrons. The van der Waals surface area contributed by atoms with Crippen LogP contribution >= 0.6 is 0 Å². The van der Waals surface area contributed by atoms with E-state index in [9.17, 15) is 4.79 Å². The minimum absolute atomic E-state index is 0.257. The summed E-state index contributed by atoms with van der Waals surface area (Å²) in [7, 11) is 0. The molecule has 2 aromatic carbocycles. The van der Waals surface area contributed by atoms with E-state index >= 15 is 0 Å². The first-order valence-electron chi connectivity index (χ1n) is 10.7. The van der Waals surface area contributed by atoms with Gasteiger partial charge in [-0.25, -0.2) is 9.78 Å². The number of hydrogen-bond acceptors (Lipinski definition) is 5. The van der Waals surface area contributed by atoms with Crippen molar-refractivity contribution in [3.63, 3.8) is 0 Å². The fourth-order valence-corrected chi connectivity index (χ4v) is 4.10. The lowest BCUT2D eigenvalue weighted by molar-refractivity contribution is -0.129. The van der Waals surface area contributed by atoms with E-state index < -0.39 is 5.97 Å². The van der Waals surface area contributed by atoms with Gasteiger partial charge < -0.3 is 14.7 Å². The van der Waals surface area contributed by atoms with Crippen LogP contribution < -0.4 is 4.74 Å². The Morgan fingerprint density at radius 3 is 2.61 bits per heavy atom. The molecule has 0 bridgehead atoms. The van der Waals surface area contributed by atoms with E-state index in [1.165, 1.54) is 6.42 Å². The van der Waals surface area contributed by atoms with Crippen molar-refractivity contribution in [1.82, 2.24) is 4.98 Å². The number of carbonyl (C=O) groups is 1. The Bertz CT molecular complexity index is 1040. The zero-order valence-corrected chi connectivity index (χ0v) is 17.3. The number of hydrogen-bond donors (Lipinski definition) is 1. The topological polar surface area (TPSA) is 81.0 Å². The lowest BCUT2D eigenvalue weighted by atomic mass is 9.83. The Balaban J connectivity index is 1.43. The van der Waals surface area contributed by atoms with E-state index in [0.29, 0.717) is 12.5 Å². The molecular weight excluding hydrogens is 392 g/mol. The van der Waals surface area contributed by atoms with E-state index in [-0.39, 0.29) is 6.10 Å². The molecule has 1 aliphatic rings. The Morgan fingerprint density at radius 1 is 1.06 bits per heavy atom. The van der Waals surface area contributed by atoms with E-state index in [1.54, 1.807) is 0 Å².